The van der Waals surface area contributed by atoms with Crippen molar-refractivity contribution in [3.63, 3.8) is 0 Å². The first kappa shape index (κ1) is 22.1. The average molecular weight is 429 g/mol. The molecule has 0 saturated carbocycles. The van der Waals surface area contributed by atoms with E-state index in [2.05, 4.69) is 10.4 Å². The highest BCUT2D eigenvalue weighted by atomic mass is 16.6. The fraction of sp³-hybridized carbons (Fsp3) is 0.429. The molecule has 166 valence electrons. The van der Waals surface area contributed by atoms with E-state index in [0.717, 1.165) is 12.8 Å². The van der Waals surface area contributed by atoms with Gasteiger partial charge in [0.25, 0.3) is 5.91 Å². The summed E-state index contributed by atoms with van der Waals surface area (Å²) in [6.07, 6.45) is 1.42. The van der Waals surface area contributed by atoms with Crippen LogP contribution in [0.25, 0.3) is 5.69 Å². The molecule has 0 spiro atoms. The molecule has 2 N–H and O–H groups in total. The van der Waals surface area contributed by atoms with Crippen LogP contribution in [0, 0.1) is 0 Å². The van der Waals surface area contributed by atoms with Crippen molar-refractivity contribution >= 4 is 17.9 Å². The van der Waals surface area contributed by atoms with Crippen LogP contribution in [-0.2, 0) is 9.53 Å². The van der Waals surface area contributed by atoms with Crippen LogP contribution < -0.4 is 5.32 Å². The third-order valence-corrected chi connectivity index (χ3v) is 4.94. The summed E-state index contributed by atoms with van der Waals surface area (Å²) in [5.41, 5.74) is 0.620. The van der Waals surface area contributed by atoms with Gasteiger partial charge in [-0.1, -0.05) is 31.5 Å². The number of carbonyl (C=O) groups is 3. The summed E-state index contributed by atoms with van der Waals surface area (Å²) in [5.74, 6) is -0.986. The van der Waals surface area contributed by atoms with Crippen molar-refractivity contribution in [2.24, 2.45) is 0 Å². The summed E-state index contributed by atoms with van der Waals surface area (Å²) in [4.78, 5) is 39.9. The Morgan fingerprint density at radius 1 is 1.10 bits per heavy atom. The van der Waals surface area contributed by atoms with Crippen molar-refractivity contribution in [1.29, 1.82) is 0 Å². The maximum Gasteiger partial charge on any atom is 0.409 e. The monoisotopic (exact) mass is 429 g/mol. The van der Waals surface area contributed by atoms with Crippen molar-refractivity contribution in [1.82, 2.24) is 24.9 Å². The lowest BCUT2D eigenvalue weighted by atomic mass is 10.3. The highest BCUT2D eigenvalue weighted by molar-refractivity contribution is 5.95. The molecule has 0 radical (unpaired) electrons. The first-order valence-corrected chi connectivity index (χ1v) is 10.3. The van der Waals surface area contributed by atoms with E-state index in [1.54, 1.807) is 34.1 Å². The van der Waals surface area contributed by atoms with E-state index in [1.807, 2.05) is 13.0 Å². The molecule has 10 heteroatoms. The maximum atomic E-state index is 12.4. The minimum atomic E-state index is -0.559. The van der Waals surface area contributed by atoms with Crippen LogP contribution >= 0.6 is 0 Å². The molecule has 0 aliphatic carbocycles. The van der Waals surface area contributed by atoms with Crippen molar-refractivity contribution in [3.05, 3.63) is 42.1 Å². The van der Waals surface area contributed by atoms with Gasteiger partial charge in [-0.05, 0) is 18.6 Å². The van der Waals surface area contributed by atoms with Gasteiger partial charge in [0.15, 0.2) is 5.69 Å². The Morgan fingerprint density at radius 2 is 1.77 bits per heavy atom. The molecule has 0 bridgehead atoms. The number of aromatic nitrogens is 2. The second-order valence-corrected chi connectivity index (χ2v) is 7.15. The predicted molar refractivity (Wildman–Crippen MR) is 112 cm³/mol. The first-order valence-electron chi connectivity index (χ1n) is 10.3. The molecule has 0 unspecified atom stereocenters. The Morgan fingerprint density at radius 3 is 2.45 bits per heavy atom. The van der Waals surface area contributed by atoms with Crippen LogP contribution in [0.5, 0.6) is 5.88 Å². The number of ether oxygens (including phenoxy) is 1. The van der Waals surface area contributed by atoms with E-state index in [9.17, 15) is 19.5 Å². The van der Waals surface area contributed by atoms with E-state index in [-0.39, 0.29) is 30.1 Å². The average Bonchev–Trinajstić information content (AvgIpc) is 3.19. The zero-order chi connectivity index (χ0) is 22.2. The smallest absolute Gasteiger partial charge is 0.409 e. The Bertz CT molecular complexity index is 906. The SMILES string of the molecule is CCCCOC(=O)N1CCN(C(=O)CNC(=O)c2cc(O)n(-c3ccccc3)n2)CC1. The van der Waals surface area contributed by atoms with Crippen molar-refractivity contribution in [2.75, 3.05) is 39.3 Å². The van der Waals surface area contributed by atoms with Gasteiger partial charge in [-0.15, -0.1) is 0 Å². The van der Waals surface area contributed by atoms with Gasteiger partial charge in [0, 0.05) is 32.2 Å². The number of unbranched alkanes of at least 4 members (excludes halogenated alkanes) is 1. The van der Waals surface area contributed by atoms with E-state index >= 15 is 0 Å². The number of hydrogen-bond acceptors (Lipinski definition) is 6. The lowest BCUT2D eigenvalue weighted by Gasteiger charge is -2.34. The van der Waals surface area contributed by atoms with Crippen LogP contribution in [0.4, 0.5) is 4.79 Å². The zero-order valence-corrected chi connectivity index (χ0v) is 17.5. The molecule has 1 saturated heterocycles. The number of nitrogens with one attached hydrogen (secondary N) is 1. The minimum Gasteiger partial charge on any atom is -0.493 e. The van der Waals surface area contributed by atoms with E-state index in [0.29, 0.717) is 38.5 Å². The highest BCUT2D eigenvalue weighted by Crippen LogP contribution is 2.17. The van der Waals surface area contributed by atoms with Crippen molar-refractivity contribution in [2.45, 2.75) is 19.8 Å². The Labute approximate surface area is 180 Å². The van der Waals surface area contributed by atoms with Gasteiger partial charge in [-0.2, -0.15) is 5.10 Å². The Hall–Kier alpha value is -3.56. The number of piperazine rings is 1. The van der Waals surface area contributed by atoms with Gasteiger partial charge in [0.1, 0.15) is 0 Å². The minimum absolute atomic E-state index is 0.00815. The summed E-state index contributed by atoms with van der Waals surface area (Å²) >= 11 is 0. The number of amides is 3. The number of nitrogens with zero attached hydrogens (tertiary/aromatic N) is 4. The third kappa shape index (κ3) is 5.74. The van der Waals surface area contributed by atoms with Gasteiger partial charge in [-0.3, -0.25) is 9.59 Å². The van der Waals surface area contributed by atoms with Crippen LogP contribution in [0.2, 0.25) is 0 Å². The maximum absolute atomic E-state index is 12.4. The molecule has 3 amide bonds. The number of rotatable bonds is 7. The van der Waals surface area contributed by atoms with Gasteiger partial charge >= 0.3 is 6.09 Å². The van der Waals surface area contributed by atoms with Gasteiger partial charge < -0.3 is 25.0 Å². The summed E-state index contributed by atoms with van der Waals surface area (Å²) in [7, 11) is 0. The zero-order valence-electron chi connectivity index (χ0n) is 17.5. The summed E-state index contributed by atoms with van der Waals surface area (Å²) in [6, 6.07) is 10.2. The van der Waals surface area contributed by atoms with Gasteiger partial charge in [-0.25, -0.2) is 9.48 Å². The fourth-order valence-electron chi connectivity index (χ4n) is 3.13. The van der Waals surface area contributed by atoms with Crippen molar-refractivity contribution < 1.29 is 24.2 Å². The number of carbonyl (C=O) groups excluding carboxylic acids is 3. The van der Waals surface area contributed by atoms with Crippen LogP contribution in [0.1, 0.15) is 30.3 Å². The van der Waals surface area contributed by atoms with Crippen LogP contribution in [0.3, 0.4) is 0 Å². The van der Waals surface area contributed by atoms with Crippen molar-refractivity contribution in [3.8, 4) is 11.6 Å². The molecule has 2 heterocycles. The molecule has 10 nitrogen and oxygen atoms in total. The summed E-state index contributed by atoms with van der Waals surface area (Å²) in [5, 5.41) is 16.7. The molecule has 1 aromatic heterocycles. The molecule has 1 aliphatic rings. The number of benzene rings is 1. The predicted octanol–water partition coefficient (Wildman–Crippen LogP) is 1.39. The number of aromatic hydroxyl groups is 1. The standard InChI is InChI=1S/C21H27N5O5/c1-2-3-13-31-21(30)25-11-9-24(10-12-25)19(28)15-22-20(29)17-14-18(27)26(23-17)16-7-5-4-6-8-16/h4-8,14,27H,2-3,9-13,15H2,1H3,(H,22,29). The van der Waals surface area contributed by atoms with Crippen LogP contribution in [0.15, 0.2) is 36.4 Å². The topological polar surface area (TPSA) is 117 Å². The lowest BCUT2D eigenvalue weighted by molar-refractivity contribution is -0.131. The second kappa shape index (κ2) is 10.5. The molecule has 0 atom stereocenters. The molecular formula is C21H27N5O5. The van der Waals surface area contributed by atoms with Gasteiger partial charge in [0.2, 0.25) is 11.8 Å². The molecule has 1 fully saturated rings. The van der Waals surface area contributed by atoms with Crippen LogP contribution in [-0.4, -0.2) is 81.9 Å². The van der Waals surface area contributed by atoms with E-state index in [1.165, 1.54) is 10.7 Å². The highest BCUT2D eigenvalue weighted by Gasteiger charge is 2.25. The molecule has 3 rings (SSSR count). The second-order valence-electron chi connectivity index (χ2n) is 7.15. The summed E-state index contributed by atoms with van der Waals surface area (Å²) in [6.45, 7) is 3.76. The molecule has 31 heavy (non-hydrogen) atoms. The number of para-hydroxylation sites is 1. The van der Waals surface area contributed by atoms with Gasteiger partial charge in [0.05, 0.1) is 18.8 Å². The molecular weight excluding hydrogens is 402 g/mol. The fourth-order valence-corrected chi connectivity index (χ4v) is 3.13. The molecule has 2 aromatic rings. The molecule has 1 aromatic carbocycles. The Balaban J connectivity index is 1.46. The van der Waals surface area contributed by atoms with E-state index < -0.39 is 5.91 Å². The normalized spacial score (nSPS) is 13.7. The largest absolute Gasteiger partial charge is 0.493 e. The van der Waals surface area contributed by atoms with E-state index in [4.69, 9.17) is 4.74 Å². The first-order chi connectivity index (χ1) is 15.0. The quantitative estimate of drug-likeness (QED) is 0.643. The number of hydrogen-bond donors (Lipinski definition) is 2. The third-order valence-electron chi connectivity index (χ3n) is 4.94. The molecule has 1 aliphatic heterocycles. The lowest BCUT2D eigenvalue weighted by Crippen LogP contribution is -2.52. The Kier molecular flexibility index (Phi) is 7.47. The summed E-state index contributed by atoms with van der Waals surface area (Å²) < 4.78 is 6.43.